The number of para-hydroxylation sites is 2. The minimum atomic E-state index is -2.91. The van der Waals surface area contributed by atoms with Gasteiger partial charge in [0, 0.05) is 6.54 Å². The van der Waals surface area contributed by atoms with Crippen LogP contribution >= 0.6 is 0 Å². The van der Waals surface area contributed by atoms with Gasteiger partial charge < -0.3 is 15.2 Å². The zero-order valence-electron chi connectivity index (χ0n) is 10.3. The molecule has 0 atom stereocenters. The molecule has 0 amide bonds. The van der Waals surface area contributed by atoms with Crippen LogP contribution < -0.4 is 10.1 Å². The molecule has 3 nitrogen and oxygen atoms in total. The van der Waals surface area contributed by atoms with Crippen LogP contribution in [0.1, 0.15) is 5.56 Å². The van der Waals surface area contributed by atoms with Crippen LogP contribution in [0.15, 0.2) is 42.5 Å². The van der Waals surface area contributed by atoms with E-state index in [1.807, 2.05) is 0 Å². The molecule has 0 bridgehead atoms. The molecule has 0 spiro atoms. The smallest absolute Gasteiger partial charge is 0.387 e. The number of hydrogen-bond donors (Lipinski definition) is 2. The maximum atomic E-state index is 13.2. The van der Waals surface area contributed by atoms with E-state index in [2.05, 4.69) is 10.1 Å². The van der Waals surface area contributed by atoms with Crippen molar-refractivity contribution in [1.29, 1.82) is 0 Å². The number of phenolic OH excluding ortho intramolecular Hbond substituents is 1. The van der Waals surface area contributed by atoms with Crippen LogP contribution in [0.5, 0.6) is 11.5 Å². The predicted molar refractivity (Wildman–Crippen MR) is 68.5 cm³/mol. The van der Waals surface area contributed by atoms with Crippen molar-refractivity contribution in [1.82, 2.24) is 0 Å². The van der Waals surface area contributed by atoms with Crippen molar-refractivity contribution in [2.45, 2.75) is 13.2 Å². The summed E-state index contributed by atoms with van der Waals surface area (Å²) in [6.07, 6.45) is 0. The van der Waals surface area contributed by atoms with Crippen LogP contribution in [-0.2, 0) is 6.54 Å². The minimum Gasteiger partial charge on any atom is -0.505 e. The van der Waals surface area contributed by atoms with Gasteiger partial charge in [-0.05, 0) is 29.8 Å². The minimum absolute atomic E-state index is 0.0155. The number of phenols is 1. The van der Waals surface area contributed by atoms with Gasteiger partial charge in [0.25, 0.3) is 0 Å². The monoisotopic (exact) mass is 283 g/mol. The number of benzene rings is 2. The maximum absolute atomic E-state index is 13.2. The second-order valence-electron chi connectivity index (χ2n) is 4.01. The van der Waals surface area contributed by atoms with Gasteiger partial charge >= 0.3 is 6.61 Å². The summed E-state index contributed by atoms with van der Waals surface area (Å²) in [4.78, 5) is 0. The first-order valence-electron chi connectivity index (χ1n) is 5.81. The Bertz CT molecular complexity index is 590. The standard InChI is InChI=1S/C14H12F3NO2/c15-10-7-9(5-6-12(10)19)8-18-11-3-1-2-4-13(11)20-14(16)17/h1-7,14,18-19H,8H2. The Labute approximate surface area is 113 Å². The molecular formula is C14H12F3NO2. The Morgan fingerprint density at radius 2 is 1.90 bits per heavy atom. The van der Waals surface area contributed by atoms with E-state index in [-0.39, 0.29) is 12.3 Å². The molecule has 0 heterocycles. The van der Waals surface area contributed by atoms with Gasteiger partial charge in [-0.2, -0.15) is 8.78 Å². The summed E-state index contributed by atoms with van der Waals surface area (Å²) in [6, 6.07) is 10.1. The van der Waals surface area contributed by atoms with Crippen LogP contribution in [-0.4, -0.2) is 11.7 Å². The van der Waals surface area contributed by atoms with Crippen LogP contribution in [0.25, 0.3) is 0 Å². The van der Waals surface area contributed by atoms with E-state index in [1.165, 1.54) is 24.3 Å². The highest BCUT2D eigenvalue weighted by atomic mass is 19.3. The molecule has 6 heteroatoms. The lowest BCUT2D eigenvalue weighted by Crippen LogP contribution is -2.06. The summed E-state index contributed by atoms with van der Waals surface area (Å²) in [6.45, 7) is -2.70. The van der Waals surface area contributed by atoms with Gasteiger partial charge in [0.2, 0.25) is 0 Å². The number of nitrogens with one attached hydrogen (secondary N) is 1. The second-order valence-corrected chi connectivity index (χ2v) is 4.01. The van der Waals surface area contributed by atoms with Crippen LogP contribution in [0, 0.1) is 5.82 Å². The highest BCUT2D eigenvalue weighted by Crippen LogP contribution is 2.26. The second kappa shape index (κ2) is 6.18. The van der Waals surface area contributed by atoms with Gasteiger partial charge in [0.05, 0.1) is 5.69 Å². The molecule has 20 heavy (non-hydrogen) atoms. The van der Waals surface area contributed by atoms with Gasteiger partial charge in [-0.25, -0.2) is 4.39 Å². The lowest BCUT2D eigenvalue weighted by atomic mass is 10.2. The Hall–Kier alpha value is -2.37. The molecule has 106 valence electrons. The Morgan fingerprint density at radius 3 is 2.60 bits per heavy atom. The normalized spacial score (nSPS) is 10.6. The zero-order valence-corrected chi connectivity index (χ0v) is 10.3. The molecule has 0 fully saturated rings. The van der Waals surface area contributed by atoms with Crippen LogP contribution in [0.3, 0.4) is 0 Å². The summed E-state index contributed by atoms with van der Waals surface area (Å²) >= 11 is 0. The molecule has 0 aliphatic rings. The molecule has 2 aromatic carbocycles. The van der Waals surface area contributed by atoms with Crippen molar-refractivity contribution >= 4 is 5.69 Å². The molecule has 0 aromatic heterocycles. The quantitative estimate of drug-likeness (QED) is 0.878. The molecule has 2 rings (SSSR count). The van der Waals surface area contributed by atoms with Crippen molar-refractivity contribution in [3.8, 4) is 11.5 Å². The van der Waals surface area contributed by atoms with Gasteiger partial charge in [-0.15, -0.1) is 0 Å². The first-order valence-corrected chi connectivity index (χ1v) is 5.81. The fourth-order valence-electron chi connectivity index (χ4n) is 1.67. The van der Waals surface area contributed by atoms with Crippen molar-refractivity contribution in [3.63, 3.8) is 0 Å². The van der Waals surface area contributed by atoms with Gasteiger partial charge in [-0.1, -0.05) is 18.2 Å². The molecule has 0 aliphatic carbocycles. The van der Waals surface area contributed by atoms with E-state index in [1.54, 1.807) is 18.2 Å². The topological polar surface area (TPSA) is 41.5 Å². The average Bonchev–Trinajstić information content (AvgIpc) is 2.41. The lowest BCUT2D eigenvalue weighted by Gasteiger charge is -2.12. The number of halogens is 3. The number of rotatable bonds is 5. The van der Waals surface area contributed by atoms with E-state index in [0.717, 1.165) is 0 Å². The van der Waals surface area contributed by atoms with Crippen LogP contribution in [0.2, 0.25) is 0 Å². The molecule has 2 aromatic rings. The molecule has 2 N–H and O–H groups in total. The summed E-state index contributed by atoms with van der Waals surface area (Å²) in [5.41, 5.74) is 0.938. The Kier molecular flexibility index (Phi) is 4.34. The Morgan fingerprint density at radius 1 is 1.15 bits per heavy atom. The highest BCUT2D eigenvalue weighted by Gasteiger charge is 2.09. The van der Waals surface area contributed by atoms with Crippen molar-refractivity contribution < 1.29 is 23.0 Å². The third-order valence-corrected chi connectivity index (χ3v) is 2.60. The van der Waals surface area contributed by atoms with Crippen molar-refractivity contribution in [2.75, 3.05) is 5.32 Å². The van der Waals surface area contributed by atoms with E-state index < -0.39 is 18.2 Å². The van der Waals surface area contributed by atoms with E-state index >= 15 is 0 Å². The van der Waals surface area contributed by atoms with E-state index in [0.29, 0.717) is 11.3 Å². The zero-order chi connectivity index (χ0) is 14.5. The first kappa shape index (κ1) is 14.0. The summed E-state index contributed by atoms with van der Waals surface area (Å²) in [7, 11) is 0. The summed E-state index contributed by atoms with van der Waals surface area (Å²) < 4.78 is 42.0. The summed E-state index contributed by atoms with van der Waals surface area (Å²) in [5.74, 6) is -1.15. The Balaban J connectivity index is 2.08. The molecule has 0 aliphatic heterocycles. The van der Waals surface area contributed by atoms with Gasteiger partial charge in [0.15, 0.2) is 11.6 Å². The maximum Gasteiger partial charge on any atom is 0.387 e. The lowest BCUT2D eigenvalue weighted by molar-refractivity contribution is -0.0493. The first-order chi connectivity index (χ1) is 9.56. The number of ether oxygens (including phenoxy) is 1. The third kappa shape index (κ3) is 3.57. The predicted octanol–water partition coefficient (Wildman–Crippen LogP) is 3.74. The average molecular weight is 283 g/mol. The van der Waals surface area contributed by atoms with Crippen LogP contribution in [0.4, 0.5) is 18.9 Å². The largest absolute Gasteiger partial charge is 0.505 e. The highest BCUT2D eigenvalue weighted by molar-refractivity contribution is 5.56. The fraction of sp³-hybridized carbons (Fsp3) is 0.143. The molecular weight excluding hydrogens is 271 g/mol. The molecule has 0 saturated carbocycles. The van der Waals surface area contributed by atoms with E-state index in [9.17, 15) is 13.2 Å². The summed E-state index contributed by atoms with van der Waals surface area (Å²) in [5, 5.41) is 11.9. The SMILES string of the molecule is Oc1ccc(CNc2ccccc2OC(F)F)cc1F. The number of aromatic hydroxyl groups is 1. The number of alkyl halides is 2. The fourth-order valence-corrected chi connectivity index (χ4v) is 1.67. The number of hydrogen-bond acceptors (Lipinski definition) is 3. The third-order valence-electron chi connectivity index (χ3n) is 2.60. The molecule has 0 unspecified atom stereocenters. The molecule has 0 radical (unpaired) electrons. The van der Waals surface area contributed by atoms with Crippen molar-refractivity contribution in [2.24, 2.45) is 0 Å². The van der Waals surface area contributed by atoms with E-state index in [4.69, 9.17) is 5.11 Å². The van der Waals surface area contributed by atoms with Gasteiger partial charge in [0.1, 0.15) is 5.75 Å². The van der Waals surface area contributed by atoms with Crippen molar-refractivity contribution in [3.05, 3.63) is 53.8 Å². The number of anilines is 1. The molecule has 0 saturated heterocycles. The van der Waals surface area contributed by atoms with Gasteiger partial charge in [-0.3, -0.25) is 0 Å².